The molecule has 1 aliphatic rings. The fourth-order valence-electron chi connectivity index (χ4n) is 3.13. The molecule has 3 aromatic heterocycles. The number of aromatic nitrogens is 5. The minimum Gasteiger partial charge on any atom is -0.353 e. The van der Waals surface area contributed by atoms with E-state index in [0.29, 0.717) is 6.04 Å². The van der Waals surface area contributed by atoms with Crippen molar-refractivity contribution in [2.75, 3.05) is 29.9 Å². The fourth-order valence-corrected chi connectivity index (χ4v) is 3.13. The van der Waals surface area contributed by atoms with Crippen LogP contribution in [0, 0.1) is 0 Å². The molecule has 0 saturated carbocycles. The molecule has 134 valence electrons. The topological polar surface area (TPSA) is 70.9 Å². The normalized spacial score (nSPS) is 15.2. The van der Waals surface area contributed by atoms with Crippen LogP contribution >= 0.6 is 0 Å². The lowest BCUT2D eigenvalue weighted by Gasteiger charge is -2.45. The van der Waals surface area contributed by atoms with E-state index in [0.717, 1.165) is 41.3 Å². The largest absolute Gasteiger partial charge is 0.353 e. The Balaban J connectivity index is 1.47. The number of anilines is 2. The number of hydrogen-bond donors (Lipinski definition) is 0. The van der Waals surface area contributed by atoms with E-state index in [4.69, 9.17) is 0 Å². The van der Waals surface area contributed by atoms with Crippen LogP contribution in [0.2, 0.25) is 0 Å². The maximum atomic E-state index is 4.49. The second-order valence-corrected chi connectivity index (χ2v) is 7.79. The zero-order chi connectivity index (χ0) is 18.3. The van der Waals surface area contributed by atoms with Gasteiger partial charge < -0.3 is 9.80 Å². The smallest absolute Gasteiger partial charge is 0.151 e. The first-order valence-corrected chi connectivity index (χ1v) is 8.80. The predicted molar refractivity (Wildman–Crippen MR) is 102 cm³/mol. The Bertz CT molecular complexity index is 906. The summed E-state index contributed by atoms with van der Waals surface area (Å²) in [4.78, 5) is 17.4. The maximum absolute atomic E-state index is 4.49. The summed E-state index contributed by atoms with van der Waals surface area (Å²) in [6.45, 7) is 8.24. The minimum atomic E-state index is 0.0200. The van der Waals surface area contributed by atoms with Gasteiger partial charge in [-0.2, -0.15) is 5.10 Å². The van der Waals surface area contributed by atoms with E-state index in [2.05, 4.69) is 74.9 Å². The lowest BCUT2D eigenvalue weighted by atomic mass is 9.92. The second-order valence-electron chi connectivity index (χ2n) is 7.79. The lowest BCUT2D eigenvalue weighted by Crippen LogP contribution is -2.59. The van der Waals surface area contributed by atoms with Gasteiger partial charge in [-0.25, -0.2) is 9.97 Å². The standard InChI is InChI=1S/C19H23N7/c1-19(2,3)16-5-6-17(24-23-16)26-10-13(11-26)25(4)18-14-7-8-20-9-15(14)21-12-22-18/h5-9,12-13H,10-11H2,1-4H3. The molecule has 7 heteroatoms. The molecule has 0 spiro atoms. The third kappa shape index (κ3) is 2.94. The summed E-state index contributed by atoms with van der Waals surface area (Å²) in [5, 5.41) is 9.82. The van der Waals surface area contributed by atoms with Crippen molar-refractivity contribution in [3.63, 3.8) is 0 Å². The van der Waals surface area contributed by atoms with Gasteiger partial charge in [0.2, 0.25) is 0 Å². The molecular weight excluding hydrogens is 326 g/mol. The van der Waals surface area contributed by atoms with Crippen molar-refractivity contribution in [1.82, 2.24) is 25.1 Å². The van der Waals surface area contributed by atoms with Gasteiger partial charge in [0.15, 0.2) is 5.82 Å². The van der Waals surface area contributed by atoms with E-state index in [1.54, 1.807) is 18.7 Å². The van der Waals surface area contributed by atoms with E-state index < -0.39 is 0 Å². The first-order valence-electron chi connectivity index (χ1n) is 8.80. The molecule has 1 saturated heterocycles. The SMILES string of the molecule is CN(c1ncnc2cnccc12)C1CN(c2ccc(C(C)(C)C)nn2)C1. The molecule has 7 nitrogen and oxygen atoms in total. The van der Waals surface area contributed by atoms with Crippen LogP contribution in [0.25, 0.3) is 10.9 Å². The highest BCUT2D eigenvalue weighted by atomic mass is 15.4. The predicted octanol–water partition coefficient (Wildman–Crippen LogP) is 2.44. The Morgan fingerprint density at radius 2 is 1.88 bits per heavy atom. The van der Waals surface area contributed by atoms with Crippen molar-refractivity contribution in [3.05, 3.63) is 42.6 Å². The Labute approximate surface area is 153 Å². The van der Waals surface area contributed by atoms with Crippen LogP contribution in [0.3, 0.4) is 0 Å². The summed E-state index contributed by atoms with van der Waals surface area (Å²) in [5.41, 5.74) is 1.90. The number of nitrogens with zero attached hydrogens (tertiary/aromatic N) is 7. The van der Waals surface area contributed by atoms with Gasteiger partial charge in [0.25, 0.3) is 0 Å². The van der Waals surface area contributed by atoms with Gasteiger partial charge in [0, 0.05) is 37.1 Å². The van der Waals surface area contributed by atoms with E-state index in [1.165, 1.54) is 0 Å². The van der Waals surface area contributed by atoms with E-state index >= 15 is 0 Å². The molecule has 1 fully saturated rings. The van der Waals surface area contributed by atoms with Crippen molar-refractivity contribution < 1.29 is 0 Å². The molecule has 0 N–H and O–H groups in total. The molecule has 3 aromatic rings. The molecule has 0 radical (unpaired) electrons. The Morgan fingerprint density at radius 3 is 2.58 bits per heavy atom. The minimum absolute atomic E-state index is 0.0200. The van der Waals surface area contributed by atoms with E-state index in [1.807, 2.05) is 6.07 Å². The quantitative estimate of drug-likeness (QED) is 0.719. The number of rotatable bonds is 3. The lowest BCUT2D eigenvalue weighted by molar-refractivity contribution is 0.486. The third-order valence-electron chi connectivity index (χ3n) is 4.90. The van der Waals surface area contributed by atoms with Crippen molar-refractivity contribution >= 4 is 22.5 Å². The number of pyridine rings is 1. The first-order chi connectivity index (χ1) is 12.4. The molecular formula is C19H23N7. The highest BCUT2D eigenvalue weighted by Crippen LogP contribution is 2.28. The molecule has 0 atom stereocenters. The summed E-state index contributed by atoms with van der Waals surface area (Å²) in [6, 6.07) is 6.49. The summed E-state index contributed by atoms with van der Waals surface area (Å²) in [7, 11) is 2.08. The Hall–Kier alpha value is -2.83. The molecule has 4 heterocycles. The number of hydrogen-bond acceptors (Lipinski definition) is 7. The van der Waals surface area contributed by atoms with Crippen LogP contribution in [-0.4, -0.2) is 51.3 Å². The van der Waals surface area contributed by atoms with Gasteiger partial charge in [-0.1, -0.05) is 20.8 Å². The molecule has 26 heavy (non-hydrogen) atoms. The Morgan fingerprint density at radius 1 is 1.08 bits per heavy atom. The zero-order valence-electron chi connectivity index (χ0n) is 15.6. The molecule has 0 amide bonds. The van der Waals surface area contributed by atoms with Crippen molar-refractivity contribution in [2.24, 2.45) is 0 Å². The highest BCUT2D eigenvalue weighted by Gasteiger charge is 2.32. The molecule has 0 unspecified atom stereocenters. The second kappa shape index (κ2) is 6.16. The van der Waals surface area contributed by atoms with Crippen LogP contribution in [0.5, 0.6) is 0 Å². The summed E-state index contributed by atoms with van der Waals surface area (Å²) in [5.74, 6) is 1.87. The van der Waals surface area contributed by atoms with Crippen molar-refractivity contribution in [3.8, 4) is 0 Å². The molecule has 0 bridgehead atoms. The third-order valence-corrected chi connectivity index (χ3v) is 4.90. The highest BCUT2D eigenvalue weighted by molar-refractivity contribution is 5.88. The van der Waals surface area contributed by atoms with Gasteiger partial charge in [0.05, 0.1) is 23.4 Å². The zero-order valence-corrected chi connectivity index (χ0v) is 15.6. The van der Waals surface area contributed by atoms with Gasteiger partial charge >= 0.3 is 0 Å². The van der Waals surface area contributed by atoms with Crippen LogP contribution in [0.4, 0.5) is 11.6 Å². The first kappa shape index (κ1) is 16.6. The van der Waals surface area contributed by atoms with Crippen LogP contribution in [-0.2, 0) is 5.41 Å². The van der Waals surface area contributed by atoms with Gasteiger partial charge in [0.1, 0.15) is 12.1 Å². The van der Waals surface area contributed by atoms with Crippen LogP contribution < -0.4 is 9.80 Å². The number of likely N-dealkylation sites (N-methyl/N-ethyl adjacent to an activating group) is 1. The Kier molecular flexibility index (Phi) is 3.94. The van der Waals surface area contributed by atoms with E-state index in [-0.39, 0.29) is 5.41 Å². The number of fused-ring (bicyclic) bond motifs is 1. The molecule has 0 aromatic carbocycles. The van der Waals surface area contributed by atoms with Crippen LogP contribution in [0.1, 0.15) is 26.5 Å². The van der Waals surface area contributed by atoms with Gasteiger partial charge in [-0.15, -0.1) is 5.10 Å². The average molecular weight is 349 g/mol. The fraction of sp³-hybridized carbons (Fsp3) is 0.421. The average Bonchev–Trinajstić information content (AvgIpc) is 2.59. The summed E-state index contributed by atoms with van der Waals surface area (Å²) >= 11 is 0. The van der Waals surface area contributed by atoms with Gasteiger partial charge in [-0.3, -0.25) is 4.98 Å². The summed E-state index contributed by atoms with van der Waals surface area (Å²) in [6.07, 6.45) is 5.15. The molecule has 0 aliphatic carbocycles. The van der Waals surface area contributed by atoms with Crippen LogP contribution in [0.15, 0.2) is 36.9 Å². The maximum Gasteiger partial charge on any atom is 0.151 e. The van der Waals surface area contributed by atoms with Crippen molar-refractivity contribution in [2.45, 2.75) is 32.2 Å². The van der Waals surface area contributed by atoms with Crippen molar-refractivity contribution in [1.29, 1.82) is 0 Å². The molecule has 4 rings (SSSR count). The summed E-state index contributed by atoms with van der Waals surface area (Å²) < 4.78 is 0. The monoisotopic (exact) mass is 349 g/mol. The molecule has 1 aliphatic heterocycles. The van der Waals surface area contributed by atoms with E-state index in [9.17, 15) is 0 Å². The van der Waals surface area contributed by atoms with Gasteiger partial charge in [-0.05, 0) is 18.2 Å².